The summed E-state index contributed by atoms with van der Waals surface area (Å²) in [4.78, 5) is 29.0. The molecule has 5 nitrogen and oxygen atoms in total. The van der Waals surface area contributed by atoms with E-state index in [-0.39, 0.29) is 18.0 Å². The van der Waals surface area contributed by atoms with Crippen molar-refractivity contribution >= 4 is 35.4 Å². The van der Waals surface area contributed by atoms with Crippen molar-refractivity contribution in [1.29, 1.82) is 0 Å². The molecular weight excluding hydrogens is 296 g/mol. The zero-order chi connectivity index (χ0) is 14.7. The quantitative estimate of drug-likeness (QED) is 0.686. The van der Waals surface area contributed by atoms with Gasteiger partial charge < -0.3 is 14.6 Å². The fourth-order valence-electron chi connectivity index (χ4n) is 2.31. The van der Waals surface area contributed by atoms with Crippen molar-refractivity contribution in [1.82, 2.24) is 9.88 Å². The number of amides is 1. The van der Waals surface area contributed by atoms with Gasteiger partial charge in [-0.2, -0.15) is 0 Å². The van der Waals surface area contributed by atoms with Gasteiger partial charge in [0.1, 0.15) is 6.10 Å². The largest absolute Gasteiger partial charge is 0.462 e. The first kappa shape index (κ1) is 15.2. The van der Waals surface area contributed by atoms with Crippen molar-refractivity contribution in [2.75, 3.05) is 13.1 Å². The predicted molar refractivity (Wildman–Crippen MR) is 79.3 cm³/mol. The summed E-state index contributed by atoms with van der Waals surface area (Å²) in [5.41, 5.74) is 0.975. The van der Waals surface area contributed by atoms with E-state index in [0.29, 0.717) is 36.3 Å². The average Bonchev–Trinajstić information content (AvgIpc) is 2.68. The van der Waals surface area contributed by atoms with E-state index in [1.165, 1.54) is 18.3 Å². The minimum absolute atomic E-state index is 0.0485. The van der Waals surface area contributed by atoms with Crippen LogP contribution in [-0.4, -0.2) is 41.0 Å². The fourth-order valence-corrected chi connectivity index (χ4v) is 3.59. The number of hydrogen-bond donors (Lipinski definition) is 1. The molecule has 20 heavy (non-hydrogen) atoms. The number of hydrogen-bond acceptors (Lipinski definition) is 5. The molecule has 1 aliphatic rings. The van der Waals surface area contributed by atoms with Crippen LogP contribution in [0.5, 0.6) is 0 Å². The Labute approximate surface area is 126 Å². The van der Waals surface area contributed by atoms with Gasteiger partial charge in [0.2, 0.25) is 5.91 Å². The molecule has 0 unspecified atom stereocenters. The number of aromatic nitrogens is 1. The van der Waals surface area contributed by atoms with Crippen LogP contribution in [0.1, 0.15) is 30.3 Å². The van der Waals surface area contributed by atoms with Crippen LogP contribution in [0.2, 0.25) is 0 Å². The van der Waals surface area contributed by atoms with E-state index >= 15 is 0 Å². The topological polar surface area (TPSA) is 62.4 Å². The van der Waals surface area contributed by atoms with Crippen molar-refractivity contribution < 1.29 is 14.3 Å². The van der Waals surface area contributed by atoms with Crippen LogP contribution in [-0.2, 0) is 20.7 Å². The first-order valence-corrected chi connectivity index (χ1v) is 7.81. The van der Waals surface area contributed by atoms with Gasteiger partial charge in [-0.1, -0.05) is 0 Å². The van der Waals surface area contributed by atoms with Gasteiger partial charge in [-0.3, -0.25) is 9.59 Å². The summed E-state index contributed by atoms with van der Waals surface area (Å²) in [6.07, 6.45) is 1.77. The van der Waals surface area contributed by atoms with Crippen LogP contribution in [0.3, 0.4) is 0 Å². The van der Waals surface area contributed by atoms with E-state index < -0.39 is 0 Å². The van der Waals surface area contributed by atoms with Gasteiger partial charge in [0, 0.05) is 43.4 Å². The lowest BCUT2D eigenvalue weighted by molar-refractivity contribution is -0.149. The number of aromatic amines is 1. The standard InChI is InChI=1S/C13H18N2O3S2/c1-8-11(20-13(19)14-8)7-12(17)15-5-3-10(4-6-15)18-9(2)16/h10H,3-7H2,1-2H3,(H,14,19). The number of esters is 1. The minimum atomic E-state index is -0.252. The highest BCUT2D eigenvalue weighted by Crippen LogP contribution is 2.19. The fraction of sp³-hybridized carbons (Fsp3) is 0.615. The molecule has 1 N–H and O–H groups in total. The van der Waals surface area contributed by atoms with Crippen molar-refractivity contribution in [3.63, 3.8) is 0 Å². The second-order valence-corrected chi connectivity index (χ2v) is 6.70. The normalized spacial score (nSPS) is 16.2. The van der Waals surface area contributed by atoms with Crippen molar-refractivity contribution in [2.45, 2.75) is 39.2 Å². The Hall–Kier alpha value is -1.21. The molecule has 2 heterocycles. The van der Waals surface area contributed by atoms with Crippen LogP contribution in [0, 0.1) is 10.9 Å². The number of thiazole rings is 1. The third kappa shape index (κ3) is 3.89. The van der Waals surface area contributed by atoms with Crippen molar-refractivity contribution in [3.8, 4) is 0 Å². The van der Waals surface area contributed by atoms with Gasteiger partial charge in [-0.05, 0) is 19.1 Å². The number of aryl methyl sites for hydroxylation is 1. The van der Waals surface area contributed by atoms with E-state index in [9.17, 15) is 9.59 Å². The Morgan fingerprint density at radius 2 is 2.10 bits per heavy atom. The number of carbonyl (C=O) groups excluding carboxylic acids is 2. The highest BCUT2D eigenvalue weighted by Gasteiger charge is 2.25. The molecular formula is C13H18N2O3S2. The smallest absolute Gasteiger partial charge is 0.302 e. The van der Waals surface area contributed by atoms with Crippen LogP contribution in [0.15, 0.2) is 0 Å². The molecule has 0 spiro atoms. The van der Waals surface area contributed by atoms with Gasteiger partial charge in [0.05, 0.1) is 6.42 Å². The van der Waals surface area contributed by atoms with Gasteiger partial charge in [-0.25, -0.2) is 0 Å². The molecule has 1 aromatic rings. The van der Waals surface area contributed by atoms with Gasteiger partial charge in [0.25, 0.3) is 0 Å². The van der Waals surface area contributed by atoms with Gasteiger partial charge in [-0.15, -0.1) is 11.3 Å². The molecule has 0 aromatic carbocycles. The first-order chi connectivity index (χ1) is 9.45. The monoisotopic (exact) mass is 314 g/mol. The van der Waals surface area contributed by atoms with E-state index in [1.807, 2.05) is 11.8 Å². The second kappa shape index (κ2) is 6.49. The molecule has 0 radical (unpaired) electrons. The first-order valence-electron chi connectivity index (χ1n) is 6.59. The SMILES string of the molecule is CC(=O)OC1CCN(C(=O)Cc2sc(=S)[nH]c2C)CC1. The molecule has 1 saturated heterocycles. The lowest BCUT2D eigenvalue weighted by Gasteiger charge is -2.31. The summed E-state index contributed by atoms with van der Waals surface area (Å²) >= 11 is 6.53. The number of nitrogens with zero attached hydrogens (tertiary/aromatic N) is 1. The number of likely N-dealkylation sites (tertiary alicyclic amines) is 1. The Bertz CT molecular complexity index is 556. The number of rotatable bonds is 3. The number of carbonyl (C=O) groups is 2. The molecule has 1 aromatic heterocycles. The molecule has 0 aliphatic carbocycles. The molecule has 0 saturated carbocycles. The predicted octanol–water partition coefficient (Wildman–Crippen LogP) is 2.21. The maximum absolute atomic E-state index is 12.2. The summed E-state index contributed by atoms with van der Waals surface area (Å²) in [5, 5.41) is 0. The minimum Gasteiger partial charge on any atom is -0.462 e. The maximum Gasteiger partial charge on any atom is 0.302 e. The average molecular weight is 314 g/mol. The van der Waals surface area contributed by atoms with Crippen LogP contribution < -0.4 is 0 Å². The van der Waals surface area contributed by atoms with Gasteiger partial charge in [0.15, 0.2) is 3.95 Å². The third-order valence-electron chi connectivity index (χ3n) is 3.36. The van der Waals surface area contributed by atoms with Crippen molar-refractivity contribution in [2.24, 2.45) is 0 Å². The summed E-state index contributed by atoms with van der Waals surface area (Å²) in [7, 11) is 0. The zero-order valence-electron chi connectivity index (χ0n) is 11.6. The molecule has 0 bridgehead atoms. The third-order valence-corrected chi connectivity index (χ3v) is 4.70. The van der Waals surface area contributed by atoms with Crippen LogP contribution >= 0.6 is 23.6 Å². The van der Waals surface area contributed by atoms with E-state index in [2.05, 4.69) is 4.98 Å². The lowest BCUT2D eigenvalue weighted by Crippen LogP contribution is -2.41. The number of nitrogens with one attached hydrogen (secondary N) is 1. The van der Waals surface area contributed by atoms with E-state index in [4.69, 9.17) is 17.0 Å². The molecule has 1 fully saturated rings. The molecule has 110 valence electrons. The summed E-state index contributed by atoms with van der Waals surface area (Å²) < 4.78 is 5.87. The number of H-pyrrole nitrogens is 1. The molecule has 2 rings (SSSR count). The van der Waals surface area contributed by atoms with E-state index in [0.717, 1.165) is 10.6 Å². The highest BCUT2D eigenvalue weighted by atomic mass is 32.1. The van der Waals surface area contributed by atoms with Crippen molar-refractivity contribution in [3.05, 3.63) is 14.5 Å². The summed E-state index contributed by atoms with van der Waals surface area (Å²) in [5.74, 6) is -0.142. The number of piperidine rings is 1. The second-order valence-electron chi connectivity index (χ2n) is 4.93. The Morgan fingerprint density at radius 1 is 1.45 bits per heavy atom. The van der Waals surface area contributed by atoms with Crippen LogP contribution in [0.4, 0.5) is 0 Å². The van der Waals surface area contributed by atoms with E-state index in [1.54, 1.807) is 0 Å². The highest BCUT2D eigenvalue weighted by molar-refractivity contribution is 7.73. The Kier molecular flexibility index (Phi) is 4.93. The Balaban J connectivity index is 1.87. The van der Waals surface area contributed by atoms with Gasteiger partial charge >= 0.3 is 5.97 Å². The molecule has 0 atom stereocenters. The summed E-state index contributed by atoms with van der Waals surface area (Å²) in [6.45, 7) is 4.64. The number of ether oxygens (including phenoxy) is 1. The summed E-state index contributed by atoms with van der Waals surface area (Å²) in [6, 6.07) is 0. The lowest BCUT2D eigenvalue weighted by atomic mass is 10.1. The maximum atomic E-state index is 12.2. The zero-order valence-corrected chi connectivity index (χ0v) is 13.2. The molecule has 1 amide bonds. The Morgan fingerprint density at radius 3 is 2.60 bits per heavy atom. The molecule has 7 heteroatoms. The molecule has 1 aliphatic heterocycles. The van der Waals surface area contributed by atoms with Crippen LogP contribution in [0.25, 0.3) is 0 Å².